The Morgan fingerprint density at radius 3 is 2.46 bits per heavy atom. The van der Waals surface area contributed by atoms with Gasteiger partial charge >= 0.3 is 5.97 Å². The number of nitrogens with two attached hydrogens (primary N) is 1. The number of carboxylic acid groups (broad SMARTS) is 1. The summed E-state index contributed by atoms with van der Waals surface area (Å²) in [6.07, 6.45) is 1.65. The predicted molar refractivity (Wildman–Crippen MR) is 91.8 cm³/mol. The number of carbonyl (C=O) groups excluding carboxylic acids is 3. The highest BCUT2D eigenvalue weighted by Crippen LogP contribution is 2.19. The summed E-state index contributed by atoms with van der Waals surface area (Å²) in [5.41, 5.74) is 5.91. The fraction of sp³-hybridized carbons (Fsp3) is 0.750. The molecule has 1 heterocycles. The quantitative estimate of drug-likeness (QED) is 0.313. The maximum Gasteiger partial charge on any atom is 0.328 e. The Labute approximate surface area is 152 Å². The zero-order valence-electron chi connectivity index (χ0n) is 15.1. The Hall–Kier alpha value is -2.20. The fourth-order valence-corrected chi connectivity index (χ4v) is 2.84. The Morgan fingerprint density at radius 1 is 1.27 bits per heavy atom. The molecule has 148 valence electrons. The summed E-state index contributed by atoms with van der Waals surface area (Å²) < 4.78 is 0. The van der Waals surface area contributed by atoms with E-state index in [1.165, 1.54) is 4.90 Å². The molecule has 0 aliphatic carbocycles. The molecule has 0 spiro atoms. The van der Waals surface area contributed by atoms with Crippen molar-refractivity contribution in [3.63, 3.8) is 0 Å². The third-order valence-corrected chi connectivity index (χ3v) is 4.12. The van der Waals surface area contributed by atoms with E-state index in [0.29, 0.717) is 25.8 Å². The summed E-state index contributed by atoms with van der Waals surface area (Å²) >= 11 is 0. The van der Waals surface area contributed by atoms with Gasteiger partial charge in [-0.3, -0.25) is 14.4 Å². The van der Waals surface area contributed by atoms with Gasteiger partial charge in [0.15, 0.2) is 0 Å². The molecule has 26 heavy (non-hydrogen) atoms. The van der Waals surface area contributed by atoms with E-state index in [9.17, 15) is 19.2 Å². The van der Waals surface area contributed by atoms with Crippen LogP contribution in [-0.4, -0.2) is 76.6 Å². The van der Waals surface area contributed by atoms with E-state index in [0.717, 1.165) is 0 Å². The first-order valence-electron chi connectivity index (χ1n) is 8.64. The van der Waals surface area contributed by atoms with E-state index in [2.05, 4.69) is 10.6 Å². The third-order valence-electron chi connectivity index (χ3n) is 4.12. The highest BCUT2D eigenvalue weighted by molar-refractivity contribution is 5.93. The second-order valence-electron chi connectivity index (χ2n) is 6.78. The Kier molecular flexibility index (Phi) is 8.46. The highest BCUT2D eigenvalue weighted by Gasteiger charge is 2.36. The standard InChI is InChI=1S/C16H28N4O6/c1-9(2)6-10(17)15(24)20-5-3-4-12(20)14(23)18-7-13(22)19-11(8-21)16(25)26/h9-12,21H,3-8,17H2,1-2H3,(H,18,23)(H,19,22)(H,25,26)/t10-,11-,12-/m0/s1. The average Bonchev–Trinajstić information content (AvgIpc) is 3.05. The van der Waals surface area contributed by atoms with Gasteiger partial charge in [-0.1, -0.05) is 13.8 Å². The zero-order chi connectivity index (χ0) is 19.9. The molecule has 0 bridgehead atoms. The number of hydrogen-bond acceptors (Lipinski definition) is 6. The first-order valence-corrected chi connectivity index (χ1v) is 8.64. The number of amides is 3. The van der Waals surface area contributed by atoms with Gasteiger partial charge in [-0.15, -0.1) is 0 Å². The number of hydrogen-bond donors (Lipinski definition) is 5. The molecule has 0 aromatic heterocycles. The second kappa shape index (κ2) is 10.1. The van der Waals surface area contributed by atoms with Crippen LogP contribution in [0.5, 0.6) is 0 Å². The zero-order valence-corrected chi connectivity index (χ0v) is 15.1. The summed E-state index contributed by atoms with van der Waals surface area (Å²) in [6, 6.07) is -2.80. The van der Waals surface area contributed by atoms with Gasteiger partial charge in [-0.2, -0.15) is 0 Å². The van der Waals surface area contributed by atoms with E-state index >= 15 is 0 Å². The molecule has 1 saturated heterocycles. The van der Waals surface area contributed by atoms with E-state index in [-0.39, 0.29) is 11.8 Å². The minimum Gasteiger partial charge on any atom is -0.480 e. The number of nitrogens with zero attached hydrogens (tertiary/aromatic N) is 1. The molecule has 10 heteroatoms. The summed E-state index contributed by atoms with van der Waals surface area (Å²) in [5, 5.41) is 22.1. The van der Waals surface area contributed by atoms with E-state index in [1.54, 1.807) is 0 Å². The van der Waals surface area contributed by atoms with Crippen LogP contribution < -0.4 is 16.4 Å². The molecule has 0 saturated carbocycles. The number of carbonyl (C=O) groups is 4. The number of rotatable bonds is 9. The van der Waals surface area contributed by atoms with Crippen LogP contribution in [0.2, 0.25) is 0 Å². The van der Waals surface area contributed by atoms with Crippen molar-refractivity contribution in [1.29, 1.82) is 0 Å². The van der Waals surface area contributed by atoms with Gasteiger partial charge in [0.05, 0.1) is 19.2 Å². The SMILES string of the molecule is CC(C)C[C@H](N)C(=O)N1CCC[C@H]1C(=O)NCC(=O)N[C@@H](CO)C(=O)O. The number of aliphatic hydroxyl groups excluding tert-OH is 1. The smallest absolute Gasteiger partial charge is 0.328 e. The molecule has 1 aliphatic heterocycles. The van der Waals surface area contributed by atoms with Crippen molar-refractivity contribution in [2.75, 3.05) is 19.7 Å². The van der Waals surface area contributed by atoms with Crippen molar-refractivity contribution in [2.24, 2.45) is 11.7 Å². The van der Waals surface area contributed by atoms with Gasteiger partial charge in [0.2, 0.25) is 17.7 Å². The highest BCUT2D eigenvalue weighted by atomic mass is 16.4. The van der Waals surface area contributed by atoms with Crippen LogP contribution >= 0.6 is 0 Å². The van der Waals surface area contributed by atoms with Crippen LogP contribution in [0, 0.1) is 5.92 Å². The number of carboxylic acids is 1. The second-order valence-corrected chi connectivity index (χ2v) is 6.78. The molecule has 1 fully saturated rings. The van der Waals surface area contributed by atoms with Gasteiger partial charge in [0.1, 0.15) is 12.1 Å². The summed E-state index contributed by atoms with van der Waals surface area (Å²) in [7, 11) is 0. The van der Waals surface area contributed by atoms with Crippen molar-refractivity contribution in [3.05, 3.63) is 0 Å². The number of aliphatic carboxylic acids is 1. The molecule has 3 atom stereocenters. The maximum atomic E-state index is 12.4. The molecule has 0 radical (unpaired) electrons. The topological polar surface area (TPSA) is 162 Å². The normalized spacial score (nSPS) is 19.1. The predicted octanol–water partition coefficient (Wildman–Crippen LogP) is -1.97. The van der Waals surface area contributed by atoms with Crippen molar-refractivity contribution >= 4 is 23.7 Å². The maximum absolute atomic E-state index is 12.4. The molecule has 3 amide bonds. The molecular weight excluding hydrogens is 344 g/mol. The van der Waals surface area contributed by atoms with Gasteiger partial charge in [0, 0.05) is 6.54 Å². The van der Waals surface area contributed by atoms with E-state index in [1.807, 2.05) is 13.8 Å². The lowest BCUT2D eigenvalue weighted by Crippen LogP contribution is -2.53. The van der Waals surface area contributed by atoms with E-state index in [4.69, 9.17) is 15.9 Å². The fourth-order valence-electron chi connectivity index (χ4n) is 2.84. The summed E-state index contributed by atoms with van der Waals surface area (Å²) in [4.78, 5) is 48.6. The largest absolute Gasteiger partial charge is 0.480 e. The first kappa shape index (κ1) is 21.8. The van der Waals surface area contributed by atoms with Crippen molar-refractivity contribution in [1.82, 2.24) is 15.5 Å². The lowest BCUT2D eigenvalue weighted by Gasteiger charge is -2.27. The summed E-state index contributed by atoms with van der Waals surface area (Å²) in [5.74, 6) is -2.64. The Bertz CT molecular complexity index is 539. The van der Waals surface area contributed by atoms with Crippen molar-refractivity contribution in [2.45, 2.75) is 51.2 Å². The third kappa shape index (κ3) is 6.26. The van der Waals surface area contributed by atoms with Gasteiger partial charge in [-0.05, 0) is 25.2 Å². The summed E-state index contributed by atoms with van der Waals surface area (Å²) in [6.45, 7) is 3.14. The van der Waals surface area contributed by atoms with Crippen LogP contribution in [-0.2, 0) is 19.2 Å². The molecule has 1 rings (SSSR count). The lowest BCUT2D eigenvalue weighted by atomic mass is 10.0. The van der Waals surface area contributed by atoms with Crippen molar-refractivity contribution < 1.29 is 29.4 Å². The van der Waals surface area contributed by atoms with Crippen LogP contribution in [0.3, 0.4) is 0 Å². The number of likely N-dealkylation sites (tertiary alicyclic amines) is 1. The monoisotopic (exact) mass is 372 g/mol. The minimum absolute atomic E-state index is 0.251. The Balaban J connectivity index is 2.56. The minimum atomic E-state index is -1.43. The Morgan fingerprint density at radius 2 is 1.92 bits per heavy atom. The molecular formula is C16H28N4O6. The molecule has 1 aliphatic rings. The van der Waals surface area contributed by atoms with Crippen LogP contribution in [0.15, 0.2) is 0 Å². The number of aliphatic hydroxyl groups is 1. The molecule has 0 aromatic carbocycles. The molecule has 6 N–H and O–H groups in total. The van der Waals surface area contributed by atoms with Gasteiger partial charge < -0.3 is 31.5 Å². The van der Waals surface area contributed by atoms with Gasteiger partial charge in [0.25, 0.3) is 0 Å². The lowest BCUT2D eigenvalue weighted by molar-refractivity contribution is -0.143. The van der Waals surface area contributed by atoms with Crippen LogP contribution in [0.4, 0.5) is 0 Å². The van der Waals surface area contributed by atoms with E-state index < -0.39 is 49.1 Å². The van der Waals surface area contributed by atoms with Crippen LogP contribution in [0.1, 0.15) is 33.1 Å². The number of nitrogens with one attached hydrogen (secondary N) is 2. The molecule has 10 nitrogen and oxygen atoms in total. The average molecular weight is 372 g/mol. The van der Waals surface area contributed by atoms with Crippen molar-refractivity contribution in [3.8, 4) is 0 Å². The first-order chi connectivity index (χ1) is 12.2. The molecule has 0 aromatic rings. The van der Waals surface area contributed by atoms with Crippen LogP contribution in [0.25, 0.3) is 0 Å². The van der Waals surface area contributed by atoms with Gasteiger partial charge in [-0.25, -0.2) is 4.79 Å². The molecule has 0 unspecified atom stereocenters.